The molecule has 1 saturated heterocycles. The third-order valence-corrected chi connectivity index (χ3v) is 3.97. The first-order valence-corrected chi connectivity index (χ1v) is 7.20. The molecule has 1 aliphatic heterocycles. The van der Waals surface area contributed by atoms with Crippen molar-refractivity contribution < 1.29 is 4.79 Å². The molecule has 2 rings (SSSR count). The van der Waals surface area contributed by atoms with E-state index in [1.165, 1.54) is 0 Å². The number of hydrogen-bond acceptors (Lipinski definition) is 4. The molecule has 0 saturated carbocycles. The van der Waals surface area contributed by atoms with Crippen molar-refractivity contribution in [2.45, 2.75) is 6.04 Å². The van der Waals surface area contributed by atoms with Crippen LogP contribution >= 0.6 is 23.4 Å². The first kappa shape index (κ1) is 13.5. The van der Waals surface area contributed by atoms with Crippen molar-refractivity contribution in [2.24, 2.45) is 0 Å². The molecule has 0 aromatic heterocycles. The maximum atomic E-state index is 11.9. The van der Waals surface area contributed by atoms with Crippen LogP contribution in [0.2, 0.25) is 5.02 Å². The SMILES string of the molecule is CN(C)c1ccc(NC(=O)C2CSCN2)cc1Cl. The number of benzene rings is 1. The smallest absolute Gasteiger partial charge is 0.242 e. The van der Waals surface area contributed by atoms with Crippen LogP contribution in [0.25, 0.3) is 0 Å². The van der Waals surface area contributed by atoms with Crippen LogP contribution in [-0.4, -0.2) is 37.7 Å². The van der Waals surface area contributed by atoms with Crippen molar-refractivity contribution in [2.75, 3.05) is 35.9 Å². The zero-order chi connectivity index (χ0) is 13.1. The van der Waals surface area contributed by atoms with Gasteiger partial charge in [-0.3, -0.25) is 10.1 Å². The Morgan fingerprint density at radius 1 is 1.56 bits per heavy atom. The number of anilines is 2. The molecule has 2 N–H and O–H groups in total. The Labute approximate surface area is 116 Å². The molecule has 1 heterocycles. The van der Waals surface area contributed by atoms with Crippen LogP contribution in [0.4, 0.5) is 11.4 Å². The van der Waals surface area contributed by atoms with Crippen LogP contribution in [0, 0.1) is 0 Å². The van der Waals surface area contributed by atoms with E-state index < -0.39 is 0 Å². The highest BCUT2D eigenvalue weighted by Gasteiger charge is 2.22. The summed E-state index contributed by atoms with van der Waals surface area (Å²) in [5.41, 5.74) is 1.67. The normalized spacial score (nSPS) is 18.7. The highest BCUT2D eigenvalue weighted by molar-refractivity contribution is 7.99. The van der Waals surface area contributed by atoms with Gasteiger partial charge >= 0.3 is 0 Å². The Kier molecular flexibility index (Phi) is 4.37. The van der Waals surface area contributed by atoms with Crippen LogP contribution in [0.1, 0.15) is 0 Å². The number of carbonyl (C=O) groups excluding carboxylic acids is 1. The van der Waals surface area contributed by atoms with Gasteiger partial charge in [0.15, 0.2) is 0 Å². The van der Waals surface area contributed by atoms with Gasteiger partial charge in [-0.05, 0) is 18.2 Å². The zero-order valence-electron chi connectivity index (χ0n) is 10.4. The van der Waals surface area contributed by atoms with Gasteiger partial charge in [-0.1, -0.05) is 11.6 Å². The van der Waals surface area contributed by atoms with E-state index in [0.29, 0.717) is 5.02 Å². The van der Waals surface area contributed by atoms with Crippen LogP contribution < -0.4 is 15.5 Å². The number of nitrogens with one attached hydrogen (secondary N) is 2. The molecule has 1 atom stereocenters. The van der Waals surface area contributed by atoms with Gasteiger partial charge in [0, 0.05) is 31.4 Å². The fourth-order valence-electron chi connectivity index (χ4n) is 1.74. The van der Waals surface area contributed by atoms with Gasteiger partial charge in [-0.15, -0.1) is 11.8 Å². The molecular formula is C12H16ClN3OS. The highest BCUT2D eigenvalue weighted by Crippen LogP contribution is 2.27. The van der Waals surface area contributed by atoms with E-state index in [4.69, 9.17) is 11.6 Å². The minimum Gasteiger partial charge on any atom is -0.376 e. The van der Waals surface area contributed by atoms with Gasteiger partial charge in [0.1, 0.15) is 0 Å². The van der Waals surface area contributed by atoms with E-state index in [0.717, 1.165) is 23.0 Å². The Bertz CT molecular complexity index is 447. The second-order valence-corrected chi connectivity index (χ2v) is 5.76. The summed E-state index contributed by atoms with van der Waals surface area (Å²) in [4.78, 5) is 13.8. The number of halogens is 1. The topological polar surface area (TPSA) is 44.4 Å². The summed E-state index contributed by atoms with van der Waals surface area (Å²) < 4.78 is 0. The molecule has 1 aromatic carbocycles. The second kappa shape index (κ2) is 5.82. The Hall–Kier alpha value is -0.910. The fraction of sp³-hybridized carbons (Fsp3) is 0.417. The van der Waals surface area contributed by atoms with Gasteiger partial charge < -0.3 is 10.2 Å². The summed E-state index contributed by atoms with van der Waals surface area (Å²) in [6.07, 6.45) is 0. The Morgan fingerprint density at radius 3 is 2.89 bits per heavy atom. The maximum absolute atomic E-state index is 11.9. The lowest BCUT2D eigenvalue weighted by atomic mass is 10.2. The monoisotopic (exact) mass is 285 g/mol. The Morgan fingerprint density at radius 2 is 2.33 bits per heavy atom. The number of carbonyl (C=O) groups is 1. The predicted molar refractivity (Wildman–Crippen MR) is 78.7 cm³/mol. The molecule has 0 radical (unpaired) electrons. The summed E-state index contributed by atoms with van der Waals surface area (Å²) in [5.74, 6) is 1.64. The van der Waals surface area contributed by atoms with Gasteiger partial charge in [0.05, 0.1) is 16.8 Å². The lowest BCUT2D eigenvalue weighted by Crippen LogP contribution is -2.37. The van der Waals surface area contributed by atoms with Crippen molar-refractivity contribution in [3.8, 4) is 0 Å². The summed E-state index contributed by atoms with van der Waals surface area (Å²) in [6, 6.07) is 5.43. The molecule has 98 valence electrons. The van der Waals surface area contributed by atoms with Crippen molar-refractivity contribution >= 4 is 40.6 Å². The largest absolute Gasteiger partial charge is 0.376 e. The number of amides is 1. The summed E-state index contributed by atoms with van der Waals surface area (Å²) >= 11 is 7.88. The molecule has 1 aromatic rings. The lowest BCUT2D eigenvalue weighted by Gasteiger charge is -2.16. The predicted octanol–water partition coefficient (Wildman–Crippen LogP) is 2.01. The molecule has 1 amide bonds. The number of rotatable bonds is 3. The van der Waals surface area contributed by atoms with E-state index in [1.807, 2.05) is 31.1 Å². The summed E-state index contributed by atoms with van der Waals surface area (Å²) in [6.45, 7) is 0. The zero-order valence-corrected chi connectivity index (χ0v) is 11.9. The molecule has 0 bridgehead atoms. The molecule has 18 heavy (non-hydrogen) atoms. The maximum Gasteiger partial charge on any atom is 0.242 e. The highest BCUT2D eigenvalue weighted by atomic mass is 35.5. The quantitative estimate of drug-likeness (QED) is 0.892. The minimum absolute atomic E-state index is 0.00586. The van der Waals surface area contributed by atoms with E-state index >= 15 is 0 Å². The van der Waals surface area contributed by atoms with E-state index in [9.17, 15) is 4.79 Å². The van der Waals surface area contributed by atoms with Crippen molar-refractivity contribution in [3.05, 3.63) is 23.2 Å². The third kappa shape index (κ3) is 3.10. The van der Waals surface area contributed by atoms with Crippen LogP contribution in [0.5, 0.6) is 0 Å². The van der Waals surface area contributed by atoms with Crippen LogP contribution in [0.3, 0.4) is 0 Å². The number of thioether (sulfide) groups is 1. The van der Waals surface area contributed by atoms with Gasteiger partial charge in [-0.2, -0.15) is 0 Å². The Balaban J connectivity index is 2.05. The van der Waals surface area contributed by atoms with Crippen LogP contribution in [0.15, 0.2) is 18.2 Å². The molecule has 1 aliphatic rings. The van der Waals surface area contributed by atoms with Gasteiger partial charge in [-0.25, -0.2) is 0 Å². The third-order valence-electron chi connectivity index (χ3n) is 2.73. The standard InChI is InChI=1S/C12H16ClN3OS/c1-16(2)11-4-3-8(5-9(11)13)15-12(17)10-6-18-7-14-10/h3-5,10,14H,6-7H2,1-2H3,(H,15,17). The first-order valence-electron chi connectivity index (χ1n) is 5.67. The average molecular weight is 286 g/mol. The average Bonchev–Trinajstić information content (AvgIpc) is 2.81. The minimum atomic E-state index is -0.109. The van der Waals surface area contributed by atoms with Crippen molar-refractivity contribution in [3.63, 3.8) is 0 Å². The van der Waals surface area contributed by atoms with E-state index in [1.54, 1.807) is 17.8 Å². The van der Waals surface area contributed by atoms with Gasteiger partial charge in [0.25, 0.3) is 0 Å². The first-order chi connectivity index (χ1) is 8.58. The number of hydrogen-bond donors (Lipinski definition) is 2. The molecule has 0 spiro atoms. The summed E-state index contributed by atoms with van der Waals surface area (Å²) in [5, 5.41) is 6.63. The lowest BCUT2D eigenvalue weighted by molar-refractivity contribution is -0.117. The summed E-state index contributed by atoms with van der Waals surface area (Å²) in [7, 11) is 3.86. The molecule has 6 heteroatoms. The molecular weight excluding hydrogens is 270 g/mol. The molecule has 4 nitrogen and oxygen atoms in total. The number of nitrogens with zero attached hydrogens (tertiary/aromatic N) is 1. The van der Waals surface area contributed by atoms with Crippen molar-refractivity contribution in [1.82, 2.24) is 5.32 Å². The second-order valence-electron chi connectivity index (χ2n) is 4.32. The molecule has 1 unspecified atom stereocenters. The fourth-order valence-corrected chi connectivity index (χ4v) is 3.03. The van der Waals surface area contributed by atoms with Crippen molar-refractivity contribution in [1.29, 1.82) is 0 Å². The van der Waals surface area contributed by atoms with Gasteiger partial charge in [0.2, 0.25) is 5.91 Å². The van der Waals surface area contributed by atoms with E-state index in [2.05, 4.69) is 10.6 Å². The molecule has 0 aliphatic carbocycles. The van der Waals surface area contributed by atoms with E-state index in [-0.39, 0.29) is 11.9 Å². The van der Waals surface area contributed by atoms with Crippen LogP contribution in [-0.2, 0) is 4.79 Å². The molecule has 1 fully saturated rings.